The highest BCUT2D eigenvalue weighted by Crippen LogP contribution is 2.49. The number of nitrogens with zero attached hydrogens (tertiary/aromatic N) is 4. The first-order chi connectivity index (χ1) is 39.2. The van der Waals surface area contributed by atoms with E-state index < -0.39 is 6.85 Å². The van der Waals surface area contributed by atoms with Gasteiger partial charge in [0.05, 0.1) is 28.2 Å². The van der Waals surface area contributed by atoms with Crippen LogP contribution < -0.4 is 13.9 Å². The van der Waals surface area contributed by atoms with Crippen molar-refractivity contribution in [3.8, 4) is 50.7 Å². The van der Waals surface area contributed by atoms with Crippen LogP contribution in [0.25, 0.3) is 61.0 Å². The van der Waals surface area contributed by atoms with E-state index in [9.17, 15) is 0 Å². The number of hydrogen-bond donors (Lipinski definition) is 0. The fourth-order valence-corrected chi connectivity index (χ4v) is 12.3. The van der Waals surface area contributed by atoms with Crippen molar-refractivity contribution in [1.29, 1.82) is 0 Å². The number of aryl methyl sites for hydroxylation is 1. The number of aromatic nitrogens is 2. The minimum atomic E-state index is -2.35. The average molecular weight is 1050 g/mol. The van der Waals surface area contributed by atoms with Gasteiger partial charge in [0.25, 0.3) is 11.4 Å². The Bertz CT molecular complexity index is 4290. The molecule has 0 fully saturated rings. The van der Waals surface area contributed by atoms with Crippen molar-refractivity contribution in [3.05, 3.63) is 216 Å². The molecule has 1 aliphatic heterocycles. The Labute approximate surface area is 478 Å². The summed E-state index contributed by atoms with van der Waals surface area (Å²) in [7, 11) is 0. The first kappa shape index (κ1) is 49.0. The van der Waals surface area contributed by atoms with Crippen molar-refractivity contribution >= 4 is 50.6 Å². The molecule has 0 spiro atoms. The van der Waals surface area contributed by atoms with Gasteiger partial charge in [0.2, 0.25) is 11.4 Å². The first-order valence-electron chi connectivity index (χ1n) is 30.0. The van der Waals surface area contributed by atoms with Crippen LogP contribution in [0.5, 0.6) is 11.5 Å². The van der Waals surface area contributed by atoms with E-state index in [0.29, 0.717) is 28.3 Å². The molecular weight excluding hydrogens is 973 g/mol. The minimum absolute atomic E-state index is 0.0512. The highest BCUT2D eigenvalue weighted by Gasteiger charge is 2.41. The summed E-state index contributed by atoms with van der Waals surface area (Å²) in [4.78, 5) is 5.29. The van der Waals surface area contributed by atoms with Crippen molar-refractivity contribution < 1.29 is 8.85 Å². The molecular formula is C75H76N4O+2. The molecule has 3 heterocycles. The molecule has 2 aromatic heterocycles. The maximum atomic E-state index is 8.72. The molecule has 5 nitrogen and oxygen atoms in total. The van der Waals surface area contributed by atoms with Gasteiger partial charge in [-0.05, 0) is 148 Å². The number of hydrogen-bond acceptors (Lipinski definition) is 2. The van der Waals surface area contributed by atoms with Crippen LogP contribution in [0.1, 0.15) is 140 Å². The molecule has 12 rings (SSSR count). The Kier molecular flexibility index (Phi) is 11.6. The van der Waals surface area contributed by atoms with Gasteiger partial charge in [-0.1, -0.05) is 193 Å². The Morgan fingerprint density at radius 3 is 1.85 bits per heavy atom. The molecule has 0 atom stereocenters. The molecule has 400 valence electrons. The van der Waals surface area contributed by atoms with Crippen LogP contribution in [-0.2, 0) is 27.1 Å². The zero-order valence-electron chi connectivity index (χ0n) is 51.9. The zero-order chi connectivity index (χ0) is 58.8. The van der Waals surface area contributed by atoms with Crippen molar-refractivity contribution in [2.24, 2.45) is 0 Å². The van der Waals surface area contributed by atoms with Crippen LogP contribution >= 0.6 is 0 Å². The fraction of sp³-hybridized carbons (Fsp3) is 0.280. The van der Waals surface area contributed by atoms with Gasteiger partial charge in [0.15, 0.2) is 0 Å². The number of rotatable bonds is 8. The lowest BCUT2D eigenvalue weighted by Gasteiger charge is -2.42. The van der Waals surface area contributed by atoms with Crippen molar-refractivity contribution in [3.63, 3.8) is 0 Å². The van der Waals surface area contributed by atoms with E-state index in [1.807, 2.05) is 48.7 Å². The van der Waals surface area contributed by atoms with Gasteiger partial charge in [0, 0.05) is 50.9 Å². The summed E-state index contributed by atoms with van der Waals surface area (Å²) in [6.45, 7) is 27.6. The Morgan fingerprint density at radius 2 is 1.16 bits per heavy atom. The third-order valence-corrected chi connectivity index (χ3v) is 17.0. The maximum absolute atomic E-state index is 8.72. The smallest absolute Gasteiger partial charge is 0.457 e. The maximum Gasteiger partial charge on any atom is 0.503 e. The van der Waals surface area contributed by atoms with Crippen molar-refractivity contribution in [2.45, 2.75) is 137 Å². The summed E-state index contributed by atoms with van der Waals surface area (Å²) in [5.41, 5.74) is 18.8. The lowest BCUT2D eigenvalue weighted by atomic mass is 9.63. The lowest BCUT2D eigenvalue weighted by molar-refractivity contribution is 0.332. The molecule has 0 radical (unpaired) electrons. The summed E-state index contributed by atoms with van der Waals surface area (Å²) >= 11 is 0. The molecule has 8 aromatic carbocycles. The largest absolute Gasteiger partial charge is 0.503 e. The van der Waals surface area contributed by atoms with Gasteiger partial charge in [-0.15, -0.1) is 0 Å². The number of pyridine rings is 1. The molecule has 0 amide bonds. The van der Waals surface area contributed by atoms with Crippen molar-refractivity contribution in [2.75, 3.05) is 0 Å². The number of para-hydroxylation sites is 3. The van der Waals surface area contributed by atoms with E-state index in [-0.39, 0.29) is 27.1 Å². The Morgan fingerprint density at radius 1 is 0.525 bits per heavy atom. The quantitative estimate of drug-likeness (QED) is 0.142. The standard InChI is InChI=1S/C75H76N4O/c1-48-23-20-32-66-69(48)59-35-34-56(44-67(59)79(66)68-45-62(73(8,9)10)60(46-76-68)50-33-36-61-63(41-50)75(13,14)38-37-74(61,11)12)80-55-27-21-26-54(43-55)77-47-78(65-31-19-18-30-64(65)77)70-57(49-24-16-15-17-25-49)28-22-29-58(70)51-39-52(71(2,3)4)42-53(40-51)72(5,6)7/h15-36,39-46H,37-38H2,1-14H3/q+2/i1D3. The monoisotopic (exact) mass is 1050 g/mol. The minimum Gasteiger partial charge on any atom is -0.457 e. The van der Waals surface area contributed by atoms with E-state index in [0.717, 1.165) is 91.0 Å². The number of benzene rings is 8. The molecule has 0 bridgehead atoms. The van der Waals surface area contributed by atoms with Crippen LogP contribution in [0.4, 0.5) is 22.7 Å². The third-order valence-electron chi connectivity index (χ3n) is 17.0. The molecule has 10 aromatic rings. The fourth-order valence-electron chi connectivity index (χ4n) is 12.3. The van der Waals surface area contributed by atoms with Crippen molar-refractivity contribution in [1.82, 2.24) is 18.7 Å². The molecule has 0 saturated carbocycles. The Hall–Kier alpha value is -8.11. The highest BCUT2D eigenvalue weighted by atomic mass is 16.5. The van der Waals surface area contributed by atoms with Crippen LogP contribution in [0, 0.1) is 6.85 Å². The zero-order valence-corrected chi connectivity index (χ0v) is 48.9. The first-order valence-corrected chi connectivity index (χ1v) is 28.5. The lowest BCUT2D eigenvalue weighted by Crippen LogP contribution is -2.33. The van der Waals surface area contributed by atoms with Gasteiger partial charge in [-0.3, -0.25) is 4.57 Å². The van der Waals surface area contributed by atoms with Crippen LogP contribution in [0.2, 0.25) is 0 Å². The molecule has 0 saturated heterocycles. The second-order valence-electron chi connectivity index (χ2n) is 26.8. The molecule has 2 aliphatic rings. The summed E-state index contributed by atoms with van der Waals surface area (Å²) in [6.07, 6.45) is 4.31. The van der Waals surface area contributed by atoms with Crippen LogP contribution in [-0.4, -0.2) is 15.6 Å². The molecule has 0 N–H and O–H groups in total. The second kappa shape index (κ2) is 19.0. The predicted octanol–water partition coefficient (Wildman–Crippen LogP) is 20.4. The summed E-state index contributed by atoms with van der Waals surface area (Å²) in [5.74, 6) is 1.95. The van der Waals surface area contributed by atoms with E-state index >= 15 is 0 Å². The number of fused-ring (bicyclic) bond motifs is 5. The van der Waals surface area contributed by atoms with Gasteiger partial charge in [-0.2, -0.15) is 0 Å². The van der Waals surface area contributed by atoms with E-state index in [4.69, 9.17) is 13.8 Å². The van der Waals surface area contributed by atoms with Gasteiger partial charge < -0.3 is 4.74 Å². The predicted molar refractivity (Wildman–Crippen MR) is 338 cm³/mol. The normalized spacial score (nSPS) is 15.6. The number of ether oxygens (including phenoxy) is 1. The van der Waals surface area contributed by atoms with Crippen LogP contribution in [0.15, 0.2) is 182 Å². The van der Waals surface area contributed by atoms with E-state index in [1.165, 1.54) is 22.3 Å². The second-order valence-corrected chi connectivity index (χ2v) is 26.8. The van der Waals surface area contributed by atoms with E-state index in [2.05, 4.69) is 237 Å². The molecule has 5 heteroatoms. The van der Waals surface area contributed by atoms with Crippen LogP contribution in [0.3, 0.4) is 0 Å². The topological polar surface area (TPSA) is 33.1 Å². The summed E-state index contributed by atoms with van der Waals surface area (Å²) in [5, 5.41) is 1.49. The summed E-state index contributed by atoms with van der Waals surface area (Å²) in [6, 6.07) is 65.8. The van der Waals surface area contributed by atoms with Gasteiger partial charge >= 0.3 is 6.01 Å². The average Bonchev–Trinajstić information content (AvgIpc) is 2.19. The van der Waals surface area contributed by atoms with Gasteiger partial charge in [0.1, 0.15) is 17.3 Å². The SMILES string of the molecule is [2H]C([2H])([2H])c1cccc2c1c1ccc(Oc3cccc([N+]4=C=[N+](c5c(-c6ccccc6)cccc5-c5cc(C(C)(C)C)cc(C(C)(C)C)c5)c5ccccc54)c3)cc1n2-c1cc(C(C)(C)C)c(-c2ccc3c(c2)C(C)(C)CCC3(C)C)cn1. The molecule has 0 unspecified atom stereocenters. The van der Waals surface area contributed by atoms with Gasteiger partial charge in [-0.25, -0.2) is 4.98 Å². The molecule has 1 aliphatic carbocycles. The van der Waals surface area contributed by atoms with E-state index in [1.54, 1.807) is 6.07 Å². The summed E-state index contributed by atoms with van der Waals surface area (Å²) < 4.78 is 39.6. The third kappa shape index (κ3) is 9.30. The highest BCUT2D eigenvalue weighted by molar-refractivity contribution is 6.11. The Balaban J connectivity index is 0.994. The molecule has 80 heavy (non-hydrogen) atoms.